The number of hydrazine groups is 1. The number of hydrogen-bond donors (Lipinski definition) is 3. The van der Waals surface area contributed by atoms with Crippen molar-refractivity contribution in [1.82, 2.24) is 5.43 Å². The van der Waals surface area contributed by atoms with E-state index in [0.717, 1.165) is 0 Å². The molecular weight excluding hydrogens is 156 g/mol. The van der Waals surface area contributed by atoms with E-state index in [4.69, 9.17) is 10.9 Å². The van der Waals surface area contributed by atoms with Crippen LogP contribution in [-0.4, -0.2) is 30.8 Å². The first kappa shape index (κ1) is 7.93. The summed E-state index contributed by atoms with van der Waals surface area (Å²) in [5.74, 6) is 4.93. The van der Waals surface area contributed by atoms with Gasteiger partial charge < -0.3 is 5.11 Å². The predicted octanol–water partition coefficient (Wildman–Crippen LogP) is -2.04. The molecule has 1 aliphatic heterocycles. The summed E-state index contributed by atoms with van der Waals surface area (Å²) < 4.78 is 21.8. The maximum absolute atomic E-state index is 10.9. The van der Waals surface area contributed by atoms with Gasteiger partial charge in [0.05, 0.1) is 11.9 Å². The molecule has 0 aromatic heterocycles. The molecule has 1 saturated heterocycles. The van der Waals surface area contributed by atoms with Crippen molar-refractivity contribution in [3.8, 4) is 0 Å². The van der Waals surface area contributed by atoms with Gasteiger partial charge in [-0.25, -0.2) is 13.8 Å². The molecule has 1 heterocycles. The van der Waals surface area contributed by atoms with Crippen LogP contribution in [0, 0.1) is 0 Å². The molecular formula is C4H10N2O3S. The SMILES string of the molecule is NNC1C(O)CCS1(=O)=O. The molecule has 10 heavy (non-hydrogen) atoms. The maximum Gasteiger partial charge on any atom is 0.170 e. The van der Waals surface area contributed by atoms with Crippen LogP contribution < -0.4 is 11.3 Å². The molecule has 1 fully saturated rings. The van der Waals surface area contributed by atoms with Gasteiger partial charge in [0.25, 0.3) is 0 Å². The standard InChI is InChI=1S/C4H10N2O3S/c5-6-4-3(7)1-2-10(4,8)9/h3-4,6-7H,1-2,5H2. The Morgan fingerprint density at radius 3 is 2.40 bits per heavy atom. The van der Waals surface area contributed by atoms with Gasteiger partial charge in [-0.2, -0.15) is 0 Å². The van der Waals surface area contributed by atoms with Crippen LogP contribution in [0.4, 0.5) is 0 Å². The van der Waals surface area contributed by atoms with E-state index in [1.165, 1.54) is 0 Å². The molecule has 4 N–H and O–H groups in total. The molecule has 0 aromatic carbocycles. The molecule has 0 aromatic rings. The zero-order valence-electron chi connectivity index (χ0n) is 5.32. The van der Waals surface area contributed by atoms with E-state index < -0.39 is 21.3 Å². The lowest BCUT2D eigenvalue weighted by Crippen LogP contribution is -2.44. The zero-order valence-corrected chi connectivity index (χ0v) is 6.13. The zero-order chi connectivity index (χ0) is 7.78. The molecule has 0 amide bonds. The van der Waals surface area contributed by atoms with Crippen LogP contribution in [0.25, 0.3) is 0 Å². The summed E-state index contributed by atoms with van der Waals surface area (Å²) in [5, 5.41) is 8.04. The van der Waals surface area contributed by atoms with E-state index in [-0.39, 0.29) is 12.2 Å². The fourth-order valence-corrected chi connectivity index (χ4v) is 2.66. The number of aliphatic hydroxyl groups is 1. The summed E-state index contributed by atoms with van der Waals surface area (Å²) in [6.45, 7) is 0. The van der Waals surface area contributed by atoms with Gasteiger partial charge in [-0.3, -0.25) is 5.84 Å². The van der Waals surface area contributed by atoms with Crippen molar-refractivity contribution in [3.63, 3.8) is 0 Å². The molecule has 0 bridgehead atoms. The molecule has 6 heteroatoms. The molecule has 2 atom stereocenters. The van der Waals surface area contributed by atoms with Gasteiger partial charge in [-0.05, 0) is 6.42 Å². The van der Waals surface area contributed by atoms with Crippen molar-refractivity contribution in [2.24, 2.45) is 5.84 Å². The molecule has 0 saturated carbocycles. The second-order valence-electron chi connectivity index (χ2n) is 2.31. The smallest absolute Gasteiger partial charge is 0.170 e. The summed E-state index contributed by atoms with van der Waals surface area (Å²) in [7, 11) is -3.17. The highest BCUT2D eigenvalue weighted by atomic mass is 32.2. The van der Waals surface area contributed by atoms with Crippen LogP contribution in [0.3, 0.4) is 0 Å². The first-order chi connectivity index (χ1) is 4.58. The predicted molar refractivity (Wildman–Crippen MR) is 35.5 cm³/mol. The third-order valence-electron chi connectivity index (χ3n) is 1.60. The van der Waals surface area contributed by atoms with E-state index in [9.17, 15) is 8.42 Å². The summed E-state index contributed by atoms with van der Waals surface area (Å²) in [4.78, 5) is 0. The van der Waals surface area contributed by atoms with Gasteiger partial charge in [0.2, 0.25) is 0 Å². The highest BCUT2D eigenvalue weighted by Gasteiger charge is 2.38. The molecule has 60 valence electrons. The quantitative estimate of drug-likeness (QED) is 0.308. The van der Waals surface area contributed by atoms with Crippen molar-refractivity contribution >= 4 is 9.84 Å². The van der Waals surface area contributed by atoms with Crippen molar-refractivity contribution in [1.29, 1.82) is 0 Å². The molecule has 5 nitrogen and oxygen atoms in total. The summed E-state index contributed by atoms with van der Waals surface area (Å²) in [6.07, 6.45) is -0.577. The number of sulfone groups is 1. The fraction of sp³-hybridized carbons (Fsp3) is 1.00. The third-order valence-corrected chi connectivity index (χ3v) is 3.63. The Morgan fingerprint density at radius 1 is 1.60 bits per heavy atom. The van der Waals surface area contributed by atoms with Crippen molar-refractivity contribution in [2.75, 3.05) is 5.75 Å². The Morgan fingerprint density at radius 2 is 2.20 bits per heavy atom. The van der Waals surface area contributed by atoms with Gasteiger partial charge in [-0.15, -0.1) is 0 Å². The van der Waals surface area contributed by atoms with E-state index in [0.29, 0.717) is 0 Å². The van der Waals surface area contributed by atoms with Crippen LogP contribution in [0.5, 0.6) is 0 Å². The second-order valence-corrected chi connectivity index (χ2v) is 4.55. The molecule has 1 aliphatic rings. The lowest BCUT2D eigenvalue weighted by Gasteiger charge is -2.10. The highest BCUT2D eigenvalue weighted by Crippen LogP contribution is 2.17. The van der Waals surface area contributed by atoms with Crippen molar-refractivity contribution < 1.29 is 13.5 Å². The number of aliphatic hydroxyl groups excluding tert-OH is 1. The van der Waals surface area contributed by atoms with Crippen LogP contribution in [0.1, 0.15) is 6.42 Å². The summed E-state index contributed by atoms with van der Waals surface area (Å²) in [5.41, 5.74) is 2.07. The highest BCUT2D eigenvalue weighted by molar-refractivity contribution is 7.92. The van der Waals surface area contributed by atoms with E-state index >= 15 is 0 Å². The maximum atomic E-state index is 10.9. The minimum Gasteiger partial charge on any atom is -0.390 e. The van der Waals surface area contributed by atoms with Gasteiger partial charge in [0.15, 0.2) is 9.84 Å². The molecule has 0 radical (unpaired) electrons. The van der Waals surface area contributed by atoms with Gasteiger partial charge >= 0.3 is 0 Å². The van der Waals surface area contributed by atoms with Crippen molar-refractivity contribution in [2.45, 2.75) is 17.9 Å². The molecule has 1 rings (SSSR count). The Bertz CT molecular complexity index is 213. The number of nitrogens with one attached hydrogen (secondary N) is 1. The van der Waals surface area contributed by atoms with Crippen LogP contribution in [-0.2, 0) is 9.84 Å². The largest absolute Gasteiger partial charge is 0.390 e. The van der Waals surface area contributed by atoms with E-state index in [1.807, 2.05) is 0 Å². The van der Waals surface area contributed by atoms with Crippen LogP contribution in [0.15, 0.2) is 0 Å². The monoisotopic (exact) mass is 166 g/mol. The second kappa shape index (κ2) is 2.46. The van der Waals surface area contributed by atoms with Gasteiger partial charge in [0.1, 0.15) is 5.37 Å². The van der Waals surface area contributed by atoms with Gasteiger partial charge in [-0.1, -0.05) is 0 Å². The third kappa shape index (κ3) is 1.15. The topological polar surface area (TPSA) is 92.4 Å². The van der Waals surface area contributed by atoms with Gasteiger partial charge in [0, 0.05) is 0 Å². The number of nitrogens with two attached hydrogens (primary N) is 1. The lowest BCUT2D eigenvalue weighted by molar-refractivity contribution is 0.163. The normalized spacial score (nSPS) is 38.2. The first-order valence-corrected chi connectivity index (χ1v) is 4.65. The van der Waals surface area contributed by atoms with E-state index in [2.05, 4.69) is 5.43 Å². The summed E-state index contributed by atoms with van der Waals surface area (Å²) in [6, 6.07) is 0. The Hall–Kier alpha value is -0.170. The average Bonchev–Trinajstić information content (AvgIpc) is 2.07. The van der Waals surface area contributed by atoms with Crippen molar-refractivity contribution in [3.05, 3.63) is 0 Å². The summed E-state index contributed by atoms with van der Waals surface area (Å²) >= 11 is 0. The van der Waals surface area contributed by atoms with E-state index in [1.54, 1.807) is 0 Å². The Labute approximate surface area is 59.1 Å². The molecule has 0 aliphatic carbocycles. The molecule has 2 unspecified atom stereocenters. The average molecular weight is 166 g/mol. The number of hydrogen-bond acceptors (Lipinski definition) is 5. The lowest BCUT2D eigenvalue weighted by atomic mass is 10.3. The minimum absolute atomic E-state index is 0.0169. The minimum atomic E-state index is -3.17. The Kier molecular flexibility index (Phi) is 1.95. The molecule has 0 spiro atoms. The Balaban J connectivity index is 2.84. The van der Waals surface area contributed by atoms with Crippen LogP contribution in [0.2, 0.25) is 0 Å². The first-order valence-electron chi connectivity index (χ1n) is 2.93. The number of rotatable bonds is 1. The van der Waals surface area contributed by atoms with Crippen LogP contribution >= 0.6 is 0 Å². The fourth-order valence-electron chi connectivity index (χ4n) is 1.02.